The first-order valence-corrected chi connectivity index (χ1v) is 6.88. The minimum absolute atomic E-state index is 0.0808. The number of carbonyl (C=O) groups is 2. The van der Waals surface area contributed by atoms with Crippen LogP contribution in [0.25, 0.3) is 0 Å². The van der Waals surface area contributed by atoms with Crippen molar-refractivity contribution in [3.8, 4) is 0 Å². The van der Waals surface area contributed by atoms with Gasteiger partial charge in [0.25, 0.3) is 0 Å². The Bertz CT molecular complexity index is 450. The summed E-state index contributed by atoms with van der Waals surface area (Å²) in [6, 6.07) is 0. The summed E-state index contributed by atoms with van der Waals surface area (Å²) in [5.41, 5.74) is 0.844. The molecule has 0 bridgehead atoms. The molecular formula is C12H17N3O2S. The summed E-state index contributed by atoms with van der Waals surface area (Å²) in [4.78, 5) is 31.1. The van der Waals surface area contributed by atoms with Gasteiger partial charge < -0.3 is 9.80 Å². The fraction of sp³-hybridized carbons (Fsp3) is 0.583. The summed E-state index contributed by atoms with van der Waals surface area (Å²) in [6.07, 6.45) is 0.365. The minimum atomic E-state index is 0.0808. The molecule has 1 aliphatic heterocycles. The molecule has 1 aromatic rings. The Morgan fingerprint density at radius 2 is 1.89 bits per heavy atom. The number of rotatable bonds is 2. The normalized spacial score (nSPS) is 15.9. The Hall–Kier alpha value is -1.43. The van der Waals surface area contributed by atoms with Gasteiger partial charge in [-0.1, -0.05) is 0 Å². The molecule has 0 aliphatic carbocycles. The van der Waals surface area contributed by atoms with Gasteiger partial charge in [0.15, 0.2) is 0 Å². The Morgan fingerprint density at radius 1 is 1.28 bits per heavy atom. The largest absolute Gasteiger partial charge is 0.339 e. The second-order valence-corrected chi connectivity index (χ2v) is 5.48. The number of aryl methyl sites for hydroxylation is 1. The maximum atomic E-state index is 12.0. The molecule has 0 unspecified atom stereocenters. The van der Waals surface area contributed by atoms with E-state index in [4.69, 9.17) is 0 Å². The fourth-order valence-electron chi connectivity index (χ4n) is 2.03. The third-order valence-corrected chi connectivity index (χ3v) is 3.90. The molecule has 2 amide bonds. The van der Waals surface area contributed by atoms with Gasteiger partial charge in [0.05, 0.1) is 17.1 Å². The van der Waals surface area contributed by atoms with Crippen molar-refractivity contribution in [1.29, 1.82) is 0 Å². The first-order valence-electron chi connectivity index (χ1n) is 6.00. The van der Waals surface area contributed by atoms with Crippen LogP contribution in [0.15, 0.2) is 5.38 Å². The number of piperazine rings is 1. The van der Waals surface area contributed by atoms with Crippen LogP contribution in [0.2, 0.25) is 0 Å². The third kappa shape index (κ3) is 3.07. The number of nitrogens with zero attached hydrogens (tertiary/aromatic N) is 3. The summed E-state index contributed by atoms with van der Waals surface area (Å²) in [7, 11) is 0. The minimum Gasteiger partial charge on any atom is -0.339 e. The van der Waals surface area contributed by atoms with Crippen LogP contribution in [0.4, 0.5) is 0 Å². The molecule has 2 rings (SSSR count). The van der Waals surface area contributed by atoms with Crippen LogP contribution in [0.3, 0.4) is 0 Å². The van der Waals surface area contributed by atoms with Crippen LogP contribution in [-0.4, -0.2) is 52.8 Å². The Balaban J connectivity index is 1.86. The average molecular weight is 267 g/mol. The Morgan fingerprint density at radius 3 is 2.39 bits per heavy atom. The zero-order valence-corrected chi connectivity index (χ0v) is 11.5. The number of aromatic nitrogens is 1. The SMILES string of the molecule is CC(=O)N1CCN(C(=O)Cc2csc(C)n2)CC1. The van der Waals surface area contributed by atoms with E-state index in [9.17, 15) is 9.59 Å². The number of thiazole rings is 1. The van der Waals surface area contributed by atoms with Gasteiger partial charge in [-0.05, 0) is 6.92 Å². The number of carbonyl (C=O) groups excluding carboxylic acids is 2. The van der Waals surface area contributed by atoms with E-state index in [0.717, 1.165) is 10.7 Å². The Kier molecular flexibility index (Phi) is 3.96. The summed E-state index contributed by atoms with van der Waals surface area (Å²) in [5, 5.41) is 2.91. The molecule has 6 heteroatoms. The molecule has 0 atom stereocenters. The van der Waals surface area contributed by atoms with Gasteiger partial charge in [0.1, 0.15) is 0 Å². The topological polar surface area (TPSA) is 53.5 Å². The summed E-state index contributed by atoms with van der Waals surface area (Å²) in [5.74, 6) is 0.181. The first-order chi connectivity index (χ1) is 8.56. The lowest BCUT2D eigenvalue weighted by Crippen LogP contribution is -2.50. The van der Waals surface area contributed by atoms with Gasteiger partial charge in [-0.15, -0.1) is 11.3 Å². The van der Waals surface area contributed by atoms with Crippen molar-refractivity contribution in [2.45, 2.75) is 20.3 Å². The molecule has 18 heavy (non-hydrogen) atoms. The monoisotopic (exact) mass is 267 g/mol. The van der Waals surface area contributed by atoms with Gasteiger partial charge in [-0.3, -0.25) is 9.59 Å². The highest BCUT2D eigenvalue weighted by atomic mass is 32.1. The maximum Gasteiger partial charge on any atom is 0.228 e. The van der Waals surface area contributed by atoms with E-state index >= 15 is 0 Å². The Labute approximate surface area is 110 Å². The molecule has 1 saturated heterocycles. The van der Waals surface area contributed by atoms with E-state index < -0.39 is 0 Å². The molecule has 0 radical (unpaired) electrons. The van der Waals surface area contributed by atoms with Crippen LogP contribution in [0.5, 0.6) is 0 Å². The van der Waals surface area contributed by atoms with Crippen molar-refractivity contribution in [1.82, 2.24) is 14.8 Å². The van der Waals surface area contributed by atoms with E-state index in [1.54, 1.807) is 23.2 Å². The van der Waals surface area contributed by atoms with Gasteiger partial charge in [0.2, 0.25) is 11.8 Å². The smallest absolute Gasteiger partial charge is 0.228 e. The van der Waals surface area contributed by atoms with Crippen LogP contribution in [0.1, 0.15) is 17.6 Å². The lowest BCUT2D eigenvalue weighted by atomic mass is 10.2. The average Bonchev–Trinajstić information content (AvgIpc) is 2.75. The number of hydrogen-bond donors (Lipinski definition) is 0. The summed E-state index contributed by atoms with van der Waals surface area (Å²) in [6.45, 7) is 6.03. The predicted molar refractivity (Wildman–Crippen MR) is 69.4 cm³/mol. The molecule has 98 valence electrons. The van der Waals surface area contributed by atoms with Gasteiger partial charge in [-0.2, -0.15) is 0 Å². The van der Waals surface area contributed by atoms with E-state index in [1.807, 2.05) is 17.2 Å². The predicted octanol–water partition coefficient (Wildman–Crippen LogP) is 0.685. The summed E-state index contributed by atoms with van der Waals surface area (Å²) >= 11 is 1.56. The van der Waals surface area contributed by atoms with Gasteiger partial charge >= 0.3 is 0 Å². The van der Waals surface area contributed by atoms with Crippen molar-refractivity contribution in [2.24, 2.45) is 0 Å². The fourth-order valence-corrected chi connectivity index (χ4v) is 2.64. The number of amides is 2. The molecule has 0 saturated carbocycles. The zero-order valence-electron chi connectivity index (χ0n) is 10.7. The van der Waals surface area contributed by atoms with E-state index in [0.29, 0.717) is 32.6 Å². The standard InChI is InChI=1S/C12H17N3O2S/c1-9-13-11(8-18-9)7-12(17)15-5-3-14(4-6-15)10(2)16/h8H,3-7H2,1-2H3. The van der Waals surface area contributed by atoms with Crippen molar-refractivity contribution in [2.75, 3.05) is 26.2 Å². The molecule has 5 nitrogen and oxygen atoms in total. The maximum absolute atomic E-state index is 12.0. The first kappa shape index (κ1) is 13.0. The van der Waals surface area contributed by atoms with Crippen LogP contribution in [-0.2, 0) is 16.0 Å². The van der Waals surface area contributed by atoms with E-state index in [1.165, 1.54) is 0 Å². The molecule has 0 aromatic carbocycles. The molecule has 1 aliphatic rings. The van der Waals surface area contributed by atoms with Gasteiger partial charge in [0, 0.05) is 38.5 Å². The molecule has 0 spiro atoms. The highest BCUT2D eigenvalue weighted by Gasteiger charge is 2.22. The molecule has 0 N–H and O–H groups in total. The molecule has 1 fully saturated rings. The second-order valence-electron chi connectivity index (χ2n) is 4.42. The van der Waals surface area contributed by atoms with Crippen molar-refractivity contribution in [3.05, 3.63) is 16.1 Å². The molecular weight excluding hydrogens is 250 g/mol. The van der Waals surface area contributed by atoms with Crippen LogP contribution < -0.4 is 0 Å². The summed E-state index contributed by atoms with van der Waals surface area (Å²) < 4.78 is 0. The van der Waals surface area contributed by atoms with E-state index in [2.05, 4.69) is 4.98 Å². The van der Waals surface area contributed by atoms with Gasteiger partial charge in [-0.25, -0.2) is 4.98 Å². The zero-order chi connectivity index (χ0) is 13.1. The second kappa shape index (κ2) is 5.48. The molecule has 1 aromatic heterocycles. The molecule has 2 heterocycles. The van der Waals surface area contributed by atoms with Crippen LogP contribution >= 0.6 is 11.3 Å². The number of hydrogen-bond acceptors (Lipinski definition) is 4. The van der Waals surface area contributed by atoms with Crippen LogP contribution in [0, 0.1) is 6.92 Å². The van der Waals surface area contributed by atoms with Crippen molar-refractivity contribution in [3.63, 3.8) is 0 Å². The highest BCUT2D eigenvalue weighted by Crippen LogP contribution is 2.11. The third-order valence-electron chi connectivity index (χ3n) is 3.08. The lowest BCUT2D eigenvalue weighted by Gasteiger charge is -2.34. The van der Waals surface area contributed by atoms with E-state index in [-0.39, 0.29) is 11.8 Å². The van der Waals surface area contributed by atoms with Crippen molar-refractivity contribution < 1.29 is 9.59 Å². The lowest BCUT2D eigenvalue weighted by molar-refractivity contribution is -0.138. The quantitative estimate of drug-likeness (QED) is 0.792. The highest BCUT2D eigenvalue weighted by molar-refractivity contribution is 7.09. The van der Waals surface area contributed by atoms with Crippen molar-refractivity contribution >= 4 is 23.2 Å².